The van der Waals surface area contributed by atoms with E-state index < -0.39 is 46.1 Å². The molecule has 1 aromatic rings. The van der Waals surface area contributed by atoms with Crippen LogP contribution < -0.4 is 4.74 Å². The van der Waals surface area contributed by atoms with E-state index in [-0.39, 0.29) is 12.2 Å². The van der Waals surface area contributed by atoms with Gasteiger partial charge >= 0.3 is 13.6 Å². The van der Waals surface area contributed by atoms with Crippen LogP contribution in [0.25, 0.3) is 0 Å². The molecule has 0 saturated heterocycles. The highest BCUT2D eigenvalue weighted by Crippen LogP contribution is 2.35. The molecule has 0 spiro atoms. The van der Waals surface area contributed by atoms with E-state index in [1.165, 1.54) is 19.6 Å². The molecule has 28 heavy (non-hydrogen) atoms. The standard InChI is InChI=1S/C19H21BF5O3/c1-17(2,26)18(3,4)28-20-12-7-5-11(6-8-12)19(24,25)27-13-9-14(21)16(23)15(22)10-13/h5-7,9-10,12,26H,8H2,1-4H3. The van der Waals surface area contributed by atoms with Crippen molar-refractivity contribution in [3.05, 3.63) is 53.4 Å². The Hall–Kier alpha value is -1.87. The molecule has 1 aromatic carbocycles. The molecule has 1 aliphatic carbocycles. The topological polar surface area (TPSA) is 38.7 Å². The van der Waals surface area contributed by atoms with Gasteiger partial charge < -0.3 is 14.5 Å². The van der Waals surface area contributed by atoms with Crippen LogP contribution in [0.1, 0.15) is 34.1 Å². The summed E-state index contributed by atoms with van der Waals surface area (Å²) in [6, 6.07) is 0.700. The summed E-state index contributed by atoms with van der Waals surface area (Å²) >= 11 is 0. The molecule has 0 heterocycles. The fourth-order valence-corrected chi connectivity index (χ4v) is 2.15. The van der Waals surface area contributed by atoms with Gasteiger partial charge in [-0.2, -0.15) is 8.78 Å². The lowest BCUT2D eigenvalue weighted by molar-refractivity contribution is -0.139. The number of alkyl halides is 2. The fraction of sp³-hybridized carbons (Fsp3) is 0.474. The van der Waals surface area contributed by atoms with E-state index in [0.717, 1.165) is 6.08 Å². The highest BCUT2D eigenvalue weighted by atomic mass is 19.3. The number of hydrogen-bond donors (Lipinski definition) is 1. The minimum atomic E-state index is -3.87. The molecule has 0 bridgehead atoms. The summed E-state index contributed by atoms with van der Waals surface area (Å²) in [6.07, 6.45) is 0.0718. The van der Waals surface area contributed by atoms with Crippen LogP contribution in [0.15, 0.2) is 35.9 Å². The lowest BCUT2D eigenvalue weighted by Gasteiger charge is -2.38. The maximum absolute atomic E-state index is 14.3. The van der Waals surface area contributed by atoms with Crippen LogP contribution in [0, 0.1) is 17.5 Å². The second kappa shape index (κ2) is 7.87. The third-order valence-electron chi connectivity index (χ3n) is 4.68. The Bertz CT molecular complexity index is 761. The third kappa shape index (κ3) is 5.14. The number of benzene rings is 1. The first-order valence-electron chi connectivity index (χ1n) is 8.57. The number of ether oxygens (including phenoxy) is 1. The van der Waals surface area contributed by atoms with E-state index in [1.807, 2.05) is 0 Å². The summed E-state index contributed by atoms with van der Waals surface area (Å²) in [4.78, 5) is 0. The van der Waals surface area contributed by atoms with Crippen LogP contribution in [0.5, 0.6) is 5.75 Å². The molecule has 1 radical (unpaired) electrons. The zero-order chi connectivity index (χ0) is 21.3. The number of hydrogen-bond acceptors (Lipinski definition) is 3. The molecule has 1 N–H and O–H groups in total. The van der Waals surface area contributed by atoms with Gasteiger partial charge in [0.25, 0.3) is 0 Å². The van der Waals surface area contributed by atoms with E-state index in [4.69, 9.17) is 4.65 Å². The van der Waals surface area contributed by atoms with Crippen molar-refractivity contribution in [2.45, 2.75) is 57.2 Å². The van der Waals surface area contributed by atoms with Crippen molar-refractivity contribution < 1.29 is 36.4 Å². The van der Waals surface area contributed by atoms with E-state index >= 15 is 0 Å². The van der Waals surface area contributed by atoms with Crippen LogP contribution in [-0.2, 0) is 4.65 Å². The summed E-state index contributed by atoms with van der Waals surface area (Å²) in [5, 5.41) is 10.1. The molecule has 1 atom stereocenters. The maximum Gasteiger partial charge on any atom is 0.426 e. The van der Waals surface area contributed by atoms with Gasteiger partial charge in [0.1, 0.15) is 5.75 Å². The zero-order valence-corrected chi connectivity index (χ0v) is 15.9. The highest BCUT2D eigenvalue weighted by molar-refractivity contribution is 6.30. The largest absolute Gasteiger partial charge is 0.432 e. The van der Waals surface area contributed by atoms with Crippen molar-refractivity contribution in [2.24, 2.45) is 0 Å². The first kappa shape index (κ1) is 22.4. The van der Waals surface area contributed by atoms with E-state index in [0.29, 0.717) is 12.1 Å². The number of aliphatic hydroxyl groups is 1. The van der Waals surface area contributed by atoms with Crippen molar-refractivity contribution in [3.63, 3.8) is 0 Å². The van der Waals surface area contributed by atoms with Crippen molar-refractivity contribution in [1.29, 1.82) is 0 Å². The molecular weight excluding hydrogens is 382 g/mol. The zero-order valence-electron chi connectivity index (χ0n) is 15.9. The SMILES string of the molecule is CC(C)(O)C(C)(C)O[B]C1C=CC(C(F)(F)Oc2cc(F)c(F)c(F)c2)=CC1. The predicted octanol–water partition coefficient (Wildman–Crippen LogP) is 4.94. The number of rotatable bonds is 7. The minimum Gasteiger partial charge on any atom is -0.432 e. The minimum absolute atomic E-state index is 0.166. The van der Waals surface area contributed by atoms with Crippen molar-refractivity contribution in [1.82, 2.24) is 0 Å². The first-order chi connectivity index (χ1) is 12.7. The Kier molecular flexibility index (Phi) is 6.30. The van der Waals surface area contributed by atoms with Gasteiger partial charge in [-0.15, -0.1) is 0 Å². The molecule has 1 unspecified atom stereocenters. The van der Waals surface area contributed by atoms with Gasteiger partial charge in [-0.05, 0) is 39.9 Å². The number of allylic oxidation sites excluding steroid dienone is 2. The monoisotopic (exact) mass is 403 g/mol. The Balaban J connectivity index is 2.01. The van der Waals surface area contributed by atoms with Crippen molar-refractivity contribution in [2.75, 3.05) is 0 Å². The second-order valence-electron chi connectivity index (χ2n) is 7.56. The van der Waals surface area contributed by atoms with Gasteiger partial charge in [-0.1, -0.05) is 18.2 Å². The molecule has 0 aromatic heterocycles. The van der Waals surface area contributed by atoms with Crippen LogP contribution >= 0.6 is 0 Å². The molecular formula is C19H21BF5O3. The van der Waals surface area contributed by atoms with Crippen LogP contribution in [-0.4, -0.2) is 29.9 Å². The van der Waals surface area contributed by atoms with E-state index in [1.54, 1.807) is 27.7 Å². The van der Waals surface area contributed by atoms with Crippen LogP contribution in [0.2, 0.25) is 5.82 Å². The van der Waals surface area contributed by atoms with E-state index in [9.17, 15) is 27.1 Å². The van der Waals surface area contributed by atoms with Crippen molar-refractivity contribution in [3.8, 4) is 5.75 Å². The summed E-state index contributed by atoms with van der Waals surface area (Å²) in [7, 11) is 1.45. The normalized spacial score (nSPS) is 18.1. The molecule has 1 aliphatic rings. The fourth-order valence-electron chi connectivity index (χ4n) is 2.15. The molecule has 0 fully saturated rings. The molecule has 153 valence electrons. The lowest BCUT2D eigenvalue weighted by atomic mass is 9.73. The molecule has 2 rings (SSSR count). The Morgan fingerprint density at radius 1 is 1.07 bits per heavy atom. The summed E-state index contributed by atoms with van der Waals surface area (Å²) < 4.78 is 77.8. The van der Waals surface area contributed by atoms with Gasteiger partial charge in [0.15, 0.2) is 17.5 Å². The van der Waals surface area contributed by atoms with Gasteiger partial charge in [-0.25, -0.2) is 13.2 Å². The van der Waals surface area contributed by atoms with Gasteiger partial charge in [0, 0.05) is 12.1 Å². The molecule has 0 aliphatic heterocycles. The maximum atomic E-state index is 14.3. The summed E-state index contributed by atoms with van der Waals surface area (Å²) in [5.74, 6) is -6.17. The second-order valence-corrected chi connectivity index (χ2v) is 7.56. The van der Waals surface area contributed by atoms with Crippen LogP contribution in [0.4, 0.5) is 22.0 Å². The smallest absolute Gasteiger partial charge is 0.426 e. The molecule has 0 saturated carbocycles. The predicted molar refractivity (Wildman–Crippen MR) is 94.7 cm³/mol. The van der Waals surface area contributed by atoms with Gasteiger partial charge in [-0.3, -0.25) is 0 Å². The third-order valence-corrected chi connectivity index (χ3v) is 4.68. The Morgan fingerprint density at radius 3 is 2.11 bits per heavy atom. The molecule has 3 nitrogen and oxygen atoms in total. The molecule has 0 amide bonds. The first-order valence-corrected chi connectivity index (χ1v) is 8.57. The summed E-state index contributed by atoms with van der Waals surface area (Å²) in [5.41, 5.74) is -2.53. The molecule has 9 heteroatoms. The van der Waals surface area contributed by atoms with Crippen molar-refractivity contribution >= 4 is 7.48 Å². The van der Waals surface area contributed by atoms with Crippen LogP contribution in [0.3, 0.4) is 0 Å². The summed E-state index contributed by atoms with van der Waals surface area (Å²) in [6.45, 7) is 6.57. The van der Waals surface area contributed by atoms with E-state index in [2.05, 4.69) is 4.74 Å². The average molecular weight is 403 g/mol. The van der Waals surface area contributed by atoms with Gasteiger partial charge in [0.2, 0.25) is 0 Å². The van der Waals surface area contributed by atoms with Gasteiger partial charge in [0.05, 0.1) is 16.8 Å². The lowest BCUT2D eigenvalue weighted by Crippen LogP contribution is -2.48. The highest BCUT2D eigenvalue weighted by Gasteiger charge is 2.39. The Labute approximate surface area is 161 Å². The number of halogens is 5. The Morgan fingerprint density at radius 2 is 1.64 bits per heavy atom. The quantitative estimate of drug-likeness (QED) is 0.399. The average Bonchev–Trinajstić information content (AvgIpc) is 2.57.